The number of carbonyl (C=O) groups excluding carboxylic acids is 2. The molecule has 1 saturated carbocycles. The fraction of sp³-hybridized carbons (Fsp3) is 0.423. The Kier molecular flexibility index (Phi) is 7.17. The third-order valence-corrected chi connectivity index (χ3v) is 6.90. The van der Waals surface area contributed by atoms with Gasteiger partial charge in [0.05, 0.1) is 12.0 Å². The maximum absolute atomic E-state index is 12.9. The summed E-state index contributed by atoms with van der Waals surface area (Å²) >= 11 is 0. The Bertz CT molecular complexity index is 1030. The third-order valence-electron chi connectivity index (χ3n) is 6.90. The summed E-state index contributed by atoms with van der Waals surface area (Å²) in [5.41, 5.74) is 4.44. The summed E-state index contributed by atoms with van der Waals surface area (Å²) in [7, 11) is 1.44. The highest BCUT2D eigenvalue weighted by atomic mass is 16.5. The quantitative estimate of drug-likeness (QED) is 0.550. The molecule has 4 atom stereocenters. The highest BCUT2D eigenvalue weighted by molar-refractivity contribution is 5.87. The van der Waals surface area contributed by atoms with Crippen molar-refractivity contribution in [1.29, 1.82) is 0 Å². The van der Waals surface area contributed by atoms with Crippen molar-refractivity contribution in [2.75, 3.05) is 13.7 Å². The van der Waals surface area contributed by atoms with Crippen LogP contribution in [0.4, 0.5) is 4.79 Å². The van der Waals surface area contributed by atoms with Crippen molar-refractivity contribution < 1.29 is 29.0 Å². The number of carbonyl (C=O) groups is 3. The van der Waals surface area contributed by atoms with E-state index in [4.69, 9.17) is 9.47 Å². The van der Waals surface area contributed by atoms with Crippen LogP contribution in [-0.2, 0) is 19.1 Å². The first-order valence-corrected chi connectivity index (χ1v) is 11.6. The van der Waals surface area contributed by atoms with Gasteiger partial charge >= 0.3 is 12.1 Å². The Morgan fingerprint density at radius 2 is 1.65 bits per heavy atom. The monoisotopic (exact) mass is 466 g/mol. The second-order valence-electron chi connectivity index (χ2n) is 8.88. The molecule has 2 aromatic carbocycles. The first kappa shape index (κ1) is 23.8. The minimum atomic E-state index is -1.02. The van der Waals surface area contributed by atoms with Crippen LogP contribution in [-0.4, -0.2) is 55.0 Å². The zero-order chi connectivity index (χ0) is 24.2. The Morgan fingerprint density at radius 1 is 1.03 bits per heavy atom. The molecule has 2 aromatic rings. The van der Waals surface area contributed by atoms with Crippen LogP contribution in [0.3, 0.4) is 0 Å². The summed E-state index contributed by atoms with van der Waals surface area (Å²) in [6.07, 6.45) is 0.468. The van der Waals surface area contributed by atoms with Crippen LogP contribution in [0.1, 0.15) is 43.2 Å². The maximum Gasteiger partial charge on any atom is 0.407 e. The molecule has 2 amide bonds. The second kappa shape index (κ2) is 10.3. The zero-order valence-corrected chi connectivity index (χ0v) is 19.3. The van der Waals surface area contributed by atoms with Crippen molar-refractivity contribution >= 4 is 18.0 Å². The van der Waals surface area contributed by atoms with Gasteiger partial charge in [-0.1, -0.05) is 55.0 Å². The van der Waals surface area contributed by atoms with Gasteiger partial charge in [0.25, 0.3) is 0 Å². The van der Waals surface area contributed by atoms with E-state index in [0.29, 0.717) is 12.8 Å². The minimum absolute atomic E-state index is 0.0971. The number of nitrogens with one attached hydrogen (secondary N) is 2. The lowest BCUT2D eigenvalue weighted by Gasteiger charge is -2.26. The van der Waals surface area contributed by atoms with E-state index in [9.17, 15) is 19.5 Å². The number of benzene rings is 2. The van der Waals surface area contributed by atoms with Crippen LogP contribution in [0.5, 0.6) is 0 Å². The molecule has 8 nitrogen and oxygen atoms in total. The summed E-state index contributed by atoms with van der Waals surface area (Å²) < 4.78 is 10.9. The fourth-order valence-corrected chi connectivity index (χ4v) is 5.00. The molecular formula is C26H30N2O6. The number of amides is 2. The van der Waals surface area contributed by atoms with E-state index in [0.717, 1.165) is 28.7 Å². The van der Waals surface area contributed by atoms with Crippen molar-refractivity contribution in [2.24, 2.45) is 5.92 Å². The van der Waals surface area contributed by atoms with Gasteiger partial charge in [0.15, 0.2) is 0 Å². The van der Waals surface area contributed by atoms with Crippen molar-refractivity contribution in [3.8, 4) is 11.1 Å². The number of carboxylic acids is 1. The highest BCUT2D eigenvalue weighted by Crippen LogP contribution is 2.44. The van der Waals surface area contributed by atoms with Crippen LogP contribution >= 0.6 is 0 Å². The summed E-state index contributed by atoms with van der Waals surface area (Å²) in [5.74, 6) is -2.14. The van der Waals surface area contributed by atoms with E-state index in [-0.39, 0.29) is 12.5 Å². The van der Waals surface area contributed by atoms with Gasteiger partial charge in [-0.05, 0) is 42.0 Å². The lowest BCUT2D eigenvalue weighted by Crippen LogP contribution is -2.55. The molecular weight excluding hydrogens is 436 g/mol. The third kappa shape index (κ3) is 4.77. The molecule has 180 valence electrons. The number of hydrogen-bond donors (Lipinski definition) is 3. The Labute approximate surface area is 198 Å². The number of methoxy groups -OCH3 is 1. The summed E-state index contributed by atoms with van der Waals surface area (Å²) in [4.78, 5) is 37.1. The number of ether oxygens (including phenoxy) is 2. The number of rotatable bonds is 8. The van der Waals surface area contributed by atoms with E-state index >= 15 is 0 Å². The predicted octanol–water partition coefficient (Wildman–Crippen LogP) is 3.30. The summed E-state index contributed by atoms with van der Waals surface area (Å²) in [6.45, 7) is 1.79. The largest absolute Gasteiger partial charge is 0.481 e. The van der Waals surface area contributed by atoms with Crippen LogP contribution in [0.15, 0.2) is 48.5 Å². The smallest absolute Gasteiger partial charge is 0.407 e. The van der Waals surface area contributed by atoms with Gasteiger partial charge in [-0.25, -0.2) is 4.79 Å². The Balaban J connectivity index is 1.41. The molecule has 0 spiro atoms. The second-order valence-corrected chi connectivity index (χ2v) is 8.88. The van der Waals surface area contributed by atoms with Gasteiger partial charge < -0.3 is 25.2 Å². The average molecular weight is 467 g/mol. The molecule has 0 aromatic heterocycles. The van der Waals surface area contributed by atoms with Gasteiger partial charge in [-0.15, -0.1) is 0 Å². The predicted molar refractivity (Wildman–Crippen MR) is 125 cm³/mol. The van der Waals surface area contributed by atoms with Gasteiger partial charge in [0.1, 0.15) is 12.6 Å². The van der Waals surface area contributed by atoms with Crippen LogP contribution in [0.25, 0.3) is 11.1 Å². The number of aliphatic carboxylic acids is 1. The van der Waals surface area contributed by atoms with E-state index < -0.39 is 42.1 Å². The number of hydrogen-bond acceptors (Lipinski definition) is 5. The SMILES string of the molecule is COC(C)C(NC(=O)OCC1c2ccccc2-c2ccccc21)C(=O)N[C@@H]1CCC[C@@H]1C(=O)O. The Morgan fingerprint density at radius 3 is 2.24 bits per heavy atom. The van der Waals surface area contributed by atoms with Crippen LogP contribution in [0.2, 0.25) is 0 Å². The molecule has 4 rings (SSSR count). The zero-order valence-electron chi connectivity index (χ0n) is 19.3. The molecule has 0 saturated heterocycles. The molecule has 3 N–H and O–H groups in total. The van der Waals surface area contributed by atoms with Gasteiger partial charge in [0, 0.05) is 19.1 Å². The first-order chi connectivity index (χ1) is 16.4. The van der Waals surface area contributed by atoms with Crippen molar-refractivity contribution in [3.63, 3.8) is 0 Å². The normalized spacial score (nSPS) is 20.6. The van der Waals surface area contributed by atoms with Crippen molar-refractivity contribution in [2.45, 2.75) is 50.3 Å². The van der Waals surface area contributed by atoms with Gasteiger partial charge in [0.2, 0.25) is 5.91 Å². The highest BCUT2D eigenvalue weighted by Gasteiger charge is 2.37. The molecule has 0 bridgehead atoms. The fourth-order valence-electron chi connectivity index (χ4n) is 5.00. The van der Waals surface area contributed by atoms with Crippen molar-refractivity contribution in [3.05, 3.63) is 59.7 Å². The number of carboxylic acid groups (broad SMARTS) is 1. The molecule has 0 radical (unpaired) electrons. The van der Waals surface area contributed by atoms with E-state index in [1.165, 1.54) is 7.11 Å². The van der Waals surface area contributed by atoms with E-state index in [1.54, 1.807) is 6.92 Å². The van der Waals surface area contributed by atoms with Crippen LogP contribution < -0.4 is 10.6 Å². The molecule has 2 unspecified atom stereocenters. The van der Waals surface area contributed by atoms with Gasteiger partial charge in [-0.3, -0.25) is 9.59 Å². The average Bonchev–Trinajstić information content (AvgIpc) is 3.43. The first-order valence-electron chi connectivity index (χ1n) is 11.6. The maximum atomic E-state index is 12.9. The minimum Gasteiger partial charge on any atom is -0.481 e. The molecule has 34 heavy (non-hydrogen) atoms. The molecule has 1 fully saturated rings. The molecule has 0 heterocycles. The van der Waals surface area contributed by atoms with E-state index in [1.807, 2.05) is 36.4 Å². The van der Waals surface area contributed by atoms with Gasteiger partial charge in [-0.2, -0.15) is 0 Å². The lowest BCUT2D eigenvalue weighted by atomic mass is 9.98. The Hall–Kier alpha value is -3.39. The van der Waals surface area contributed by atoms with Crippen molar-refractivity contribution in [1.82, 2.24) is 10.6 Å². The summed E-state index contributed by atoms with van der Waals surface area (Å²) in [6, 6.07) is 14.6. The molecule has 0 aliphatic heterocycles. The summed E-state index contributed by atoms with van der Waals surface area (Å²) in [5, 5.41) is 14.8. The molecule has 8 heteroatoms. The lowest BCUT2D eigenvalue weighted by molar-refractivity contribution is -0.142. The van der Waals surface area contributed by atoms with E-state index in [2.05, 4.69) is 22.8 Å². The molecule has 2 aliphatic rings. The number of fused-ring (bicyclic) bond motifs is 3. The van der Waals surface area contributed by atoms with Crippen LogP contribution in [0, 0.1) is 5.92 Å². The standard InChI is InChI=1S/C26H30N2O6/c1-15(33-2)23(24(29)27-22-13-7-12-20(22)25(30)31)28-26(32)34-14-21-18-10-5-3-8-16(18)17-9-4-6-11-19(17)21/h3-6,8-11,15,20-23H,7,12-14H2,1-2H3,(H,27,29)(H,28,32)(H,30,31)/t15?,20-,22+,23?/m0/s1. The molecule has 2 aliphatic carbocycles. The topological polar surface area (TPSA) is 114 Å². The number of alkyl carbamates (subject to hydrolysis) is 1.